The van der Waals surface area contributed by atoms with Gasteiger partial charge < -0.3 is 15.0 Å². The van der Waals surface area contributed by atoms with Crippen LogP contribution >= 0.6 is 11.3 Å². The lowest BCUT2D eigenvalue weighted by molar-refractivity contribution is 0.0920. The minimum Gasteiger partial charge on any atom is -0.497 e. The van der Waals surface area contributed by atoms with Crippen molar-refractivity contribution in [3.05, 3.63) is 59.1 Å². The van der Waals surface area contributed by atoms with E-state index in [9.17, 15) is 4.79 Å². The molecule has 1 aliphatic heterocycles. The maximum absolute atomic E-state index is 12.8. The van der Waals surface area contributed by atoms with Crippen LogP contribution in [0.4, 0.5) is 0 Å². The number of hydrogen-bond donors (Lipinski definition) is 1. The van der Waals surface area contributed by atoms with Gasteiger partial charge in [-0.1, -0.05) is 36.4 Å². The maximum Gasteiger partial charge on any atom is 0.263 e. The van der Waals surface area contributed by atoms with Gasteiger partial charge in [-0.15, -0.1) is 11.3 Å². The van der Waals surface area contributed by atoms with Crippen molar-refractivity contribution < 1.29 is 9.53 Å². The van der Waals surface area contributed by atoms with Gasteiger partial charge in [-0.2, -0.15) is 0 Å². The van der Waals surface area contributed by atoms with Crippen LogP contribution in [-0.4, -0.2) is 49.1 Å². The van der Waals surface area contributed by atoms with Crippen molar-refractivity contribution in [1.82, 2.24) is 15.2 Å². The Labute approximate surface area is 181 Å². The molecule has 0 bridgehead atoms. The van der Waals surface area contributed by atoms with Gasteiger partial charge >= 0.3 is 0 Å². The van der Waals surface area contributed by atoms with Crippen LogP contribution in [0, 0.1) is 6.92 Å². The number of aryl methyl sites for hydroxylation is 1. The van der Waals surface area contributed by atoms with E-state index in [1.807, 2.05) is 31.2 Å². The average Bonchev–Trinajstić information content (AvgIpc) is 3.17. The number of thiazole rings is 1. The molecule has 1 aromatic heterocycles. The summed E-state index contributed by atoms with van der Waals surface area (Å²) in [6.45, 7) is 3.96. The SMILES string of the molecule is COc1ccc(-c2ccc(-c3nc(C)c(C(=O)NC4CCN(C)CC4)s3)cc2)cc1. The van der Waals surface area contributed by atoms with Gasteiger partial charge in [0, 0.05) is 11.6 Å². The summed E-state index contributed by atoms with van der Waals surface area (Å²) in [6, 6.07) is 16.6. The number of methoxy groups -OCH3 is 1. The zero-order chi connectivity index (χ0) is 21.1. The highest BCUT2D eigenvalue weighted by Gasteiger charge is 2.22. The number of ether oxygens (including phenoxy) is 1. The van der Waals surface area contributed by atoms with Crippen molar-refractivity contribution >= 4 is 17.2 Å². The van der Waals surface area contributed by atoms with Crippen LogP contribution in [0.3, 0.4) is 0 Å². The Balaban J connectivity index is 1.47. The third kappa shape index (κ3) is 4.55. The number of likely N-dealkylation sites (tertiary alicyclic amines) is 1. The molecule has 0 unspecified atom stereocenters. The first-order valence-corrected chi connectivity index (χ1v) is 11.1. The molecular formula is C24H27N3O2S. The molecule has 3 aromatic rings. The molecule has 2 aromatic carbocycles. The Bertz CT molecular complexity index is 1000. The smallest absolute Gasteiger partial charge is 0.263 e. The van der Waals surface area contributed by atoms with E-state index in [1.54, 1.807) is 7.11 Å². The van der Waals surface area contributed by atoms with E-state index in [1.165, 1.54) is 11.3 Å². The molecular weight excluding hydrogens is 394 g/mol. The second-order valence-corrected chi connectivity index (χ2v) is 8.79. The topological polar surface area (TPSA) is 54.5 Å². The number of nitrogens with one attached hydrogen (secondary N) is 1. The first kappa shape index (κ1) is 20.6. The Morgan fingerprint density at radius 3 is 2.20 bits per heavy atom. The van der Waals surface area contributed by atoms with Crippen molar-refractivity contribution in [2.45, 2.75) is 25.8 Å². The van der Waals surface area contributed by atoms with Gasteiger partial charge in [0.2, 0.25) is 0 Å². The first-order chi connectivity index (χ1) is 14.5. The number of hydrogen-bond acceptors (Lipinski definition) is 5. The number of carbonyl (C=O) groups is 1. The summed E-state index contributed by atoms with van der Waals surface area (Å²) in [4.78, 5) is 20.5. The molecule has 30 heavy (non-hydrogen) atoms. The van der Waals surface area contributed by atoms with Crippen molar-refractivity contribution in [2.75, 3.05) is 27.2 Å². The number of aromatic nitrogens is 1. The number of carbonyl (C=O) groups excluding carboxylic acids is 1. The fourth-order valence-corrected chi connectivity index (χ4v) is 4.70. The summed E-state index contributed by atoms with van der Waals surface area (Å²) < 4.78 is 5.23. The van der Waals surface area contributed by atoms with Crippen molar-refractivity contribution in [3.63, 3.8) is 0 Å². The fourth-order valence-electron chi connectivity index (χ4n) is 3.72. The number of rotatable bonds is 5. The van der Waals surface area contributed by atoms with E-state index < -0.39 is 0 Å². The van der Waals surface area contributed by atoms with Crippen molar-refractivity contribution in [1.29, 1.82) is 0 Å². The van der Waals surface area contributed by atoms with E-state index in [4.69, 9.17) is 4.74 Å². The second-order valence-electron chi connectivity index (χ2n) is 7.79. The zero-order valence-corrected chi connectivity index (χ0v) is 18.5. The molecule has 1 N–H and O–H groups in total. The van der Waals surface area contributed by atoms with Crippen LogP contribution in [0.25, 0.3) is 21.7 Å². The highest BCUT2D eigenvalue weighted by atomic mass is 32.1. The predicted molar refractivity (Wildman–Crippen MR) is 122 cm³/mol. The summed E-state index contributed by atoms with van der Waals surface area (Å²) in [7, 11) is 3.79. The number of benzene rings is 2. The zero-order valence-electron chi connectivity index (χ0n) is 17.6. The van der Waals surface area contributed by atoms with Crippen LogP contribution < -0.4 is 10.1 Å². The van der Waals surface area contributed by atoms with Gasteiger partial charge in [0.1, 0.15) is 15.6 Å². The average molecular weight is 422 g/mol. The van der Waals surface area contributed by atoms with Crippen LogP contribution in [0.5, 0.6) is 5.75 Å². The number of piperidine rings is 1. The molecule has 2 heterocycles. The molecule has 5 nitrogen and oxygen atoms in total. The Hall–Kier alpha value is -2.70. The summed E-state index contributed by atoms with van der Waals surface area (Å²) in [5, 5.41) is 4.07. The molecule has 1 saturated heterocycles. The molecule has 6 heteroatoms. The molecule has 4 rings (SSSR count). The van der Waals surface area contributed by atoms with Gasteiger partial charge in [-0.05, 0) is 63.2 Å². The summed E-state index contributed by atoms with van der Waals surface area (Å²) in [5.41, 5.74) is 4.09. The molecule has 156 valence electrons. The lowest BCUT2D eigenvalue weighted by Crippen LogP contribution is -2.43. The lowest BCUT2D eigenvalue weighted by Gasteiger charge is -2.29. The van der Waals surface area contributed by atoms with Gasteiger partial charge in [0.25, 0.3) is 5.91 Å². The van der Waals surface area contributed by atoms with E-state index in [2.05, 4.69) is 46.5 Å². The van der Waals surface area contributed by atoms with Gasteiger partial charge in [-0.3, -0.25) is 4.79 Å². The third-order valence-electron chi connectivity index (χ3n) is 5.61. The fraction of sp³-hybridized carbons (Fsp3) is 0.333. The van der Waals surface area contributed by atoms with Gasteiger partial charge in [0.15, 0.2) is 0 Å². The molecule has 1 aliphatic rings. The quantitative estimate of drug-likeness (QED) is 0.653. The van der Waals surface area contributed by atoms with E-state index in [0.29, 0.717) is 4.88 Å². The molecule has 0 radical (unpaired) electrons. The molecule has 1 fully saturated rings. The monoisotopic (exact) mass is 421 g/mol. The van der Waals surface area contributed by atoms with Crippen molar-refractivity contribution in [2.24, 2.45) is 0 Å². The van der Waals surface area contributed by atoms with Crippen LogP contribution in [0.15, 0.2) is 48.5 Å². The first-order valence-electron chi connectivity index (χ1n) is 10.2. The van der Waals surface area contributed by atoms with Crippen LogP contribution in [-0.2, 0) is 0 Å². The standard InChI is InChI=1S/C24H27N3O2S/c1-16-22(23(28)26-20-12-14-27(2)15-13-20)30-24(25-16)19-6-4-17(5-7-19)18-8-10-21(29-3)11-9-18/h4-11,20H,12-15H2,1-3H3,(H,26,28). The van der Waals surface area contributed by atoms with Gasteiger partial charge in [-0.25, -0.2) is 4.98 Å². The number of nitrogens with zero attached hydrogens (tertiary/aromatic N) is 2. The van der Waals surface area contributed by atoms with Crippen LogP contribution in [0.1, 0.15) is 28.2 Å². The Morgan fingerprint density at radius 2 is 1.60 bits per heavy atom. The summed E-state index contributed by atoms with van der Waals surface area (Å²) in [5.74, 6) is 0.848. The highest BCUT2D eigenvalue weighted by Crippen LogP contribution is 2.30. The molecule has 0 atom stereocenters. The van der Waals surface area contributed by atoms with Crippen molar-refractivity contribution in [3.8, 4) is 27.4 Å². The number of amides is 1. The third-order valence-corrected chi connectivity index (χ3v) is 6.82. The molecule has 0 saturated carbocycles. The Morgan fingerprint density at radius 1 is 1.03 bits per heavy atom. The van der Waals surface area contributed by atoms with Gasteiger partial charge in [0.05, 0.1) is 12.8 Å². The lowest BCUT2D eigenvalue weighted by atomic mass is 10.0. The predicted octanol–water partition coefficient (Wildman–Crippen LogP) is 4.62. The molecule has 1 amide bonds. The summed E-state index contributed by atoms with van der Waals surface area (Å²) >= 11 is 1.47. The van der Waals surface area contributed by atoms with E-state index in [0.717, 1.165) is 59.1 Å². The second kappa shape index (κ2) is 8.98. The largest absolute Gasteiger partial charge is 0.497 e. The van der Waals surface area contributed by atoms with Crippen LogP contribution in [0.2, 0.25) is 0 Å². The van der Waals surface area contributed by atoms with E-state index >= 15 is 0 Å². The van der Waals surface area contributed by atoms with E-state index in [-0.39, 0.29) is 11.9 Å². The maximum atomic E-state index is 12.8. The Kier molecular flexibility index (Phi) is 6.16. The minimum absolute atomic E-state index is 0.000607. The minimum atomic E-state index is 0.000607. The summed E-state index contributed by atoms with van der Waals surface area (Å²) in [6.07, 6.45) is 2.00. The molecule has 0 spiro atoms. The highest BCUT2D eigenvalue weighted by molar-refractivity contribution is 7.17. The molecule has 0 aliphatic carbocycles. The normalized spacial score (nSPS) is 15.2.